The molecule has 0 saturated carbocycles. The molecule has 0 unspecified atom stereocenters. The van der Waals surface area contributed by atoms with Crippen LogP contribution in [0.3, 0.4) is 0 Å². The summed E-state index contributed by atoms with van der Waals surface area (Å²) in [6.07, 6.45) is -1.22. The molecular weight excluding hydrogens is 323 g/mol. The fourth-order valence-electron chi connectivity index (χ4n) is 2.74. The van der Waals surface area contributed by atoms with Crippen LogP contribution in [0.5, 0.6) is 0 Å². The molecule has 1 aromatic rings. The molecule has 23 heavy (non-hydrogen) atoms. The topological polar surface area (TPSA) is 27.3 Å². The second-order valence-corrected chi connectivity index (χ2v) is 6.20. The van der Waals surface area contributed by atoms with Gasteiger partial charge in [0, 0.05) is 24.8 Å². The first kappa shape index (κ1) is 18.0. The van der Waals surface area contributed by atoms with E-state index in [1.54, 1.807) is 6.07 Å². The second kappa shape index (κ2) is 7.97. The summed E-state index contributed by atoms with van der Waals surface area (Å²) in [6.45, 7) is 5.33. The normalized spacial score (nSPS) is 17.0. The zero-order chi connectivity index (χ0) is 16.9. The van der Waals surface area contributed by atoms with Crippen LogP contribution in [0.4, 0.5) is 18.9 Å². The number of halogens is 3. The van der Waals surface area contributed by atoms with Crippen molar-refractivity contribution < 1.29 is 13.2 Å². The Labute approximate surface area is 140 Å². The number of nitrogens with one attached hydrogen (secondary N) is 2. The lowest BCUT2D eigenvalue weighted by Gasteiger charge is -2.32. The average Bonchev–Trinajstić information content (AvgIpc) is 2.49. The number of anilines is 1. The summed E-state index contributed by atoms with van der Waals surface area (Å²) in [5.74, 6) is 0. The number of alkyl halides is 3. The van der Waals surface area contributed by atoms with Gasteiger partial charge < -0.3 is 15.5 Å². The van der Waals surface area contributed by atoms with Crippen LogP contribution in [0.2, 0.25) is 0 Å². The van der Waals surface area contributed by atoms with Crippen LogP contribution in [-0.2, 0) is 6.18 Å². The first-order valence-corrected chi connectivity index (χ1v) is 8.26. The third-order valence-electron chi connectivity index (χ3n) is 3.91. The van der Waals surface area contributed by atoms with E-state index in [1.165, 1.54) is 6.07 Å². The van der Waals surface area contributed by atoms with Gasteiger partial charge in [0.15, 0.2) is 5.11 Å². The van der Waals surface area contributed by atoms with Crippen molar-refractivity contribution in [2.45, 2.75) is 38.4 Å². The van der Waals surface area contributed by atoms with Crippen molar-refractivity contribution in [3.05, 3.63) is 29.8 Å². The van der Waals surface area contributed by atoms with Gasteiger partial charge in [0.1, 0.15) is 0 Å². The van der Waals surface area contributed by atoms with E-state index in [0.717, 1.165) is 51.0 Å². The van der Waals surface area contributed by atoms with E-state index in [9.17, 15) is 13.2 Å². The van der Waals surface area contributed by atoms with Crippen LogP contribution >= 0.6 is 12.2 Å². The maximum absolute atomic E-state index is 12.7. The Kier molecular flexibility index (Phi) is 6.24. The molecule has 128 valence electrons. The third kappa shape index (κ3) is 5.66. The molecule has 3 nitrogen and oxygen atoms in total. The van der Waals surface area contributed by atoms with Gasteiger partial charge in [-0.25, -0.2) is 0 Å². The van der Waals surface area contributed by atoms with Gasteiger partial charge in [-0.15, -0.1) is 0 Å². The van der Waals surface area contributed by atoms with Crippen molar-refractivity contribution in [2.24, 2.45) is 0 Å². The molecule has 0 bridgehead atoms. The monoisotopic (exact) mass is 345 g/mol. The molecule has 7 heteroatoms. The lowest BCUT2D eigenvalue weighted by atomic mass is 10.1. The molecule has 1 aromatic carbocycles. The van der Waals surface area contributed by atoms with Gasteiger partial charge in [0.2, 0.25) is 0 Å². The van der Waals surface area contributed by atoms with Gasteiger partial charge in [0.05, 0.1) is 5.56 Å². The number of piperidine rings is 1. The van der Waals surface area contributed by atoms with Crippen molar-refractivity contribution in [1.29, 1.82) is 0 Å². The fraction of sp³-hybridized carbons (Fsp3) is 0.562. The summed E-state index contributed by atoms with van der Waals surface area (Å²) in [4.78, 5) is 2.42. The van der Waals surface area contributed by atoms with E-state index in [1.807, 2.05) is 0 Å². The summed E-state index contributed by atoms with van der Waals surface area (Å²) in [6, 6.07) is 5.33. The predicted octanol–water partition coefficient (Wildman–Crippen LogP) is 3.87. The van der Waals surface area contributed by atoms with Gasteiger partial charge in [-0.3, -0.25) is 0 Å². The quantitative estimate of drug-likeness (QED) is 0.810. The van der Waals surface area contributed by atoms with Crippen LogP contribution in [0.1, 0.15) is 31.7 Å². The van der Waals surface area contributed by atoms with Crippen molar-refractivity contribution in [2.75, 3.05) is 25.0 Å². The lowest BCUT2D eigenvalue weighted by molar-refractivity contribution is -0.137. The van der Waals surface area contributed by atoms with Gasteiger partial charge in [-0.05, 0) is 56.2 Å². The molecule has 0 aliphatic carbocycles. The Balaban J connectivity index is 1.84. The Morgan fingerprint density at radius 1 is 1.30 bits per heavy atom. The zero-order valence-corrected chi connectivity index (χ0v) is 13.9. The van der Waals surface area contributed by atoms with Gasteiger partial charge in [-0.2, -0.15) is 13.2 Å². The van der Waals surface area contributed by atoms with Crippen LogP contribution < -0.4 is 10.6 Å². The number of benzene rings is 1. The van der Waals surface area contributed by atoms with Crippen LogP contribution in [0.25, 0.3) is 0 Å². The predicted molar refractivity (Wildman–Crippen MR) is 90.6 cm³/mol. The van der Waals surface area contributed by atoms with E-state index < -0.39 is 11.7 Å². The van der Waals surface area contributed by atoms with Crippen molar-refractivity contribution >= 4 is 23.0 Å². The Hall–Kier alpha value is -1.34. The molecule has 2 N–H and O–H groups in total. The minimum Gasteiger partial charge on any atom is -0.360 e. The SMILES string of the molecule is CCCN1CCC(NC(=S)Nc2cccc(C(F)(F)F)c2)CC1. The number of likely N-dealkylation sites (tertiary alicyclic amines) is 1. The van der Waals surface area contributed by atoms with E-state index in [2.05, 4.69) is 22.5 Å². The Bertz CT molecular complexity index is 526. The molecule has 1 fully saturated rings. The Morgan fingerprint density at radius 2 is 2.00 bits per heavy atom. The molecular formula is C16H22F3N3S. The van der Waals surface area contributed by atoms with Crippen molar-refractivity contribution in [1.82, 2.24) is 10.2 Å². The zero-order valence-electron chi connectivity index (χ0n) is 13.1. The lowest BCUT2D eigenvalue weighted by Crippen LogP contribution is -2.46. The standard InChI is InChI=1S/C16H22F3N3S/c1-2-8-22-9-6-13(7-10-22)20-15(23)21-14-5-3-4-12(11-14)16(17,18)19/h3-5,11,13H,2,6-10H2,1H3,(H2,20,21,23). The van der Waals surface area contributed by atoms with Gasteiger partial charge in [0.25, 0.3) is 0 Å². The number of rotatable bonds is 4. The molecule has 0 spiro atoms. The minimum atomic E-state index is -4.35. The molecule has 1 saturated heterocycles. The smallest absolute Gasteiger partial charge is 0.360 e. The largest absolute Gasteiger partial charge is 0.416 e. The second-order valence-electron chi connectivity index (χ2n) is 5.79. The maximum atomic E-state index is 12.7. The summed E-state index contributed by atoms with van der Waals surface area (Å²) in [5, 5.41) is 6.42. The first-order chi connectivity index (χ1) is 10.9. The average molecular weight is 345 g/mol. The summed E-state index contributed by atoms with van der Waals surface area (Å²) in [5.41, 5.74) is -0.334. The molecule has 0 radical (unpaired) electrons. The van der Waals surface area contributed by atoms with Crippen molar-refractivity contribution in [3.8, 4) is 0 Å². The summed E-state index contributed by atoms with van der Waals surface area (Å²) < 4.78 is 38.1. The first-order valence-electron chi connectivity index (χ1n) is 7.85. The maximum Gasteiger partial charge on any atom is 0.416 e. The van der Waals surface area contributed by atoms with Gasteiger partial charge >= 0.3 is 6.18 Å². The van der Waals surface area contributed by atoms with Crippen LogP contribution in [0.15, 0.2) is 24.3 Å². The van der Waals surface area contributed by atoms with Gasteiger partial charge in [-0.1, -0.05) is 13.0 Å². The molecule has 1 aliphatic heterocycles. The van der Waals surface area contributed by atoms with E-state index in [-0.39, 0.29) is 6.04 Å². The van der Waals surface area contributed by atoms with E-state index >= 15 is 0 Å². The molecule has 1 heterocycles. The fourth-order valence-corrected chi connectivity index (χ4v) is 3.03. The van der Waals surface area contributed by atoms with Crippen LogP contribution in [-0.4, -0.2) is 35.7 Å². The summed E-state index contributed by atoms with van der Waals surface area (Å²) >= 11 is 5.22. The molecule has 1 aliphatic rings. The highest BCUT2D eigenvalue weighted by Gasteiger charge is 2.30. The highest BCUT2D eigenvalue weighted by atomic mass is 32.1. The third-order valence-corrected chi connectivity index (χ3v) is 4.13. The minimum absolute atomic E-state index is 0.272. The van der Waals surface area contributed by atoms with Crippen LogP contribution in [0, 0.1) is 0 Å². The highest BCUT2D eigenvalue weighted by Crippen LogP contribution is 2.30. The van der Waals surface area contributed by atoms with E-state index in [0.29, 0.717) is 10.8 Å². The van der Waals surface area contributed by atoms with Crippen molar-refractivity contribution in [3.63, 3.8) is 0 Å². The number of hydrogen-bond acceptors (Lipinski definition) is 2. The molecule has 0 aromatic heterocycles. The number of thiocarbonyl (C=S) groups is 1. The Morgan fingerprint density at radius 3 is 2.61 bits per heavy atom. The van der Waals surface area contributed by atoms with E-state index in [4.69, 9.17) is 12.2 Å². The summed E-state index contributed by atoms with van der Waals surface area (Å²) in [7, 11) is 0. The molecule has 2 rings (SSSR count). The highest BCUT2D eigenvalue weighted by molar-refractivity contribution is 7.80. The number of nitrogens with zero attached hydrogens (tertiary/aromatic N) is 1. The number of hydrogen-bond donors (Lipinski definition) is 2. The molecule has 0 amide bonds. The molecule has 0 atom stereocenters.